The van der Waals surface area contributed by atoms with Crippen molar-refractivity contribution in [2.45, 2.75) is 12.5 Å². The van der Waals surface area contributed by atoms with Crippen molar-refractivity contribution < 1.29 is 13.3 Å². The normalized spacial score (nSPS) is 22.0. The number of benzene rings is 1. The highest BCUT2D eigenvalue weighted by Crippen LogP contribution is 2.58. The summed E-state index contributed by atoms with van der Waals surface area (Å²) in [5.41, 5.74) is 0.432. The zero-order valence-corrected chi connectivity index (χ0v) is 17.5. The zero-order chi connectivity index (χ0) is 22.1. The van der Waals surface area contributed by atoms with Crippen LogP contribution >= 0.6 is 11.6 Å². The molecule has 9 nitrogen and oxygen atoms in total. The summed E-state index contributed by atoms with van der Waals surface area (Å²) in [5.74, 6) is -0.124. The smallest absolute Gasteiger partial charge is 0.280 e. The van der Waals surface area contributed by atoms with Crippen molar-refractivity contribution in [3.8, 4) is 0 Å². The maximum Gasteiger partial charge on any atom is 0.280 e. The third-order valence-corrected chi connectivity index (χ3v) is 6.61. The van der Waals surface area contributed by atoms with E-state index in [1.165, 1.54) is 29.4 Å². The molecule has 0 bridgehead atoms. The van der Waals surface area contributed by atoms with E-state index in [1.807, 2.05) is 0 Å². The molecule has 164 valence electrons. The molecule has 2 aliphatic rings. The highest BCUT2D eigenvalue weighted by molar-refractivity contribution is 6.31. The first kappa shape index (κ1) is 19.4. The van der Waals surface area contributed by atoms with Crippen molar-refractivity contribution in [1.82, 2.24) is 29.2 Å². The second kappa shape index (κ2) is 6.83. The fraction of sp³-hybridized carbons (Fsp3) is 0.350. The Hall–Kier alpha value is -3.34. The molecule has 1 aliphatic heterocycles. The van der Waals surface area contributed by atoms with E-state index in [0.29, 0.717) is 36.0 Å². The molecule has 2 fully saturated rings. The summed E-state index contributed by atoms with van der Waals surface area (Å²) >= 11 is 5.82. The van der Waals surface area contributed by atoms with Crippen LogP contribution < -0.4 is 10.5 Å². The van der Waals surface area contributed by atoms with Gasteiger partial charge in [0.2, 0.25) is 5.89 Å². The molecular formula is C20H16ClF2N7O2. The molecule has 4 heterocycles. The second-order valence-corrected chi connectivity index (χ2v) is 8.61. The molecule has 0 unspecified atom stereocenters. The number of rotatable bonds is 4. The van der Waals surface area contributed by atoms with Crippen LogP contribution in [0.5, 0.6) is 0 Å². The van der Waals surface area contributed by atoms with Gasteiger partial charge in [0.25, 0.3) is 5.56 Å². The Labute approximate surface area is 184 Å². The molecule has 1 aromatic carbocycles. The molecule has 3 aromatic heterocycles. The lowest BCUT2D eigenvalue weighted by molar-refractivity contribution is 0.363. The van der Waals surface area contributed by atoms with Crippen LogP contribution in [0.3, 0.4) is 0 Å². The number of aromatic nitrogens is 6. The number of nitrogens with zero attached hydrogens (tertiary/aromatic N) is 7. The maximum atomic E-state index is 14.3. The van der Waals surface area contributed by atoms with E-state index in [2.05, 4.69) is 20.1 Å². The van der Waals surface area contributed by atoms with Crippen LogP contribution in [-0.2, 0) is 13.6 Å². The van der Waals surface area contributed by atoms with Gasteiger partial charge in [0.15, 0.2) is 22.8 Å². The molecule has 0 N–H and O–H groups in total. The molecule has 1 saturated heterocycles. The first-order chi connectivity index (χ1) is 15.4. The van der Waals surface area contributed by atoms with Gasteiger partial charge in [-0.3, -0.25) is 9.36 Å². The average Bonchev–Trinajstić information content (AvgIpc) is 3.18. The number of piperidine rings is 1. The first-order valence-electron chi connectivity index (χ1n) is 9.99. The Balaban J connectivity index is 1.18. The minimum Gasteiger partial charge on any atom is -0.366 e. The van der Waals surface area contributed by atoms with Crippen molar-refractivity contribution in [2.75, 3.05) is 18.0 Å². The van der Waals surface area contributed by atoms with Gasteiger partial charge in [-0.2, -0.15) is 4.98 Å². The number of halogens is 3. The van der Waals surface area contributed by atoms with E-state index in [9.17, 15) is 13.6 Å². The fourth-order valence-electron chi connectivity index (χ4n) is 4.70. The third kappa shape index (κ3) is 2.84. The largest absolute Gasteiger partial charge is 0.366 e. The fourth-order valence-corrected chi connectivity index (χ4v) is 4.85. The molecule has 6 rings (SSSR count). The summed E-state index contributed by atoms with van der Waals surface area (Å²) in [5, 5.41) is 3.97. The molecule has 1 aliphatic carbocycles. The number of hydrogen-bond donors (Lipinski definition) is 0. The average molecular weight is 460 g/mol. The van der Waals surface area contributed by atoms with Gasteiger partial charge in [-0.25, -0.2) is 18.7 Å². The molecular weight excluding hydrogens is 444 g/mol. The summed E-state index contributed by atoms with van der Waals surface area (Å²) in [6.45, 7) is 1.05. The number of hydrogen-bond acceptors (Lipinski definition) is 7. The quantitative estimate of drug-likeness (QED) is 0.432. The van der Waals surface area contributed by atoms with E-state index < -0.39 is 11.6 Å². The zero-order valence-electron chi connectivity index (χ0n) is 16.7. The second-order valence-electron chi connectivity index (χ2n) is 8.20. The predicted octanol–water partition coefficient (Wildman–Crippen LogP) is 2.34. The van der Waals surface area contributed by atoms with Crippen LogP contribution in [-0.4, -0.2) is 42.3 Å². The Morgan fingerprint density at radius 2 is 1.94 bits per heavy atom. The summed E-state index contributed by atoms with van der Waals surface area (Å²) in [6.07, 6.45) is 2.93. The standard InChI is InChI=1S/C20H16ClF2N7O2/c1-28-7-24-19-17(28)20(31)30(8-25-19)6-13-26-18(27-32-13)14-9-4-29(5-10(9)14)16-12(22)3-2-11(21)15(16)23/h2-3,7-10,14H,4-6H2,1H3/t9-,10+,14-. The molecule has 4 aromatic rings. The van der Waals surface area contributed by atoms with Crippen LogP contribution in [0.25, 0.3) is 11.2 Å². The Morgan fingerprint density at radius 1 is 1.19 bits per heavy atom. The van der Waals surface area contributed by atoms with Gasteiger partial charge < -0.3 is 14.0 Å². The van der Waals surface area contributed by atoms with Gasteiger partial charge >= 0.3 is 0 Å². The van der Waals surface area contributed by atoms with Crippen molar-refractivity contribution in [3.63, 3.8) is 0 Å². The molecule has 32 heavy (non-hydrogen) atoms. The minimum atomic E-state index is -0.740. The molecule has 0 radical (unpaired) electrons. The number of fused-ring (bicyclic) bond motifs is 2. The van der Waals surface area contributed by atoms with Crippen LogP contribution in [0, 0.1) is 23.5 Å². The monoisotopic (exact) mass is 459 g/mol. The Morgan fingerprint density at radius 3 is 2.72 bits per heavy atom. The van der Waals surface area contributed by atoms with E-state index >= 15 is 0 Å². The van der Waals surface area contributed by atoms with E-state index in [1.54, 1.807) is 16.5 Å². The first-order valence-corrected chi connectivity index (χ1v) is 10.4. The maximum absolute atomic E-state index is 14.3. The highest BCUT2D eigenvalue weighted by Gasteiger charge is 2.59. The molecule has 12 heteroatoms. The molecule has 1 saturated carbocycles. The van der Waals surface area contributed by atoms with Crippen molar-refractivity contribution in [1.29, 1.82) is 0 Å². The number of anilines is 1. The van der Waals surface area contributed by atoms with Crippen LogP contribution in [0.4, 0.5) is 14.5 Å². The highest BCUT2D eigenvalue weighted by atomic mass is 35.5. The molecule has 3 atom stereocenters. The summed E-state index contributed by atoms with van der Waals surface area (Å²) in [4.78, 5) is 27.1. The number of aryl methyl sites for hydroxylation is 1. The van der Waals surface area contributed by atoms with E-state index in [4.69, 9.17) is 16.1 Å². The Bertz CT molecular complexity index is 1420. The minimum absolute atomic E-state index is 0.0588. The van der Waals surface area contributed by atoms with E-state index in [0.717, 1.165) is 0 Å². The van der Waals surface area contributed by atoms with Crippen LogP contribution in [0.1, 0.15) is 17.6 Å². The SMILES string of the molecule is Cn1cnc2ncn(Cc3nc([C@@H]4[C@@H]5CN(c6c(F)ccc(Cl)c6F)C[C@@H]54)no3)c(=O)c21. The van der Waals surface area contributed by atoms with Gasteiger partial charge in [0, 0.05) is 26.1 Å². The third-order valence-electron chi connectivity index (χ3n) is 6.32. The molecule has 0 spiro atoms. The number of imidazole rings is 1. The van der Waals surface area contributed by atoms with Gasteiger partial charge in [0.1, 0.15) is 24.4 Å². The lowest BCUT2D eigenvalue weighted by Crippen LogP contribution is -2.26. The van der Waals surface area contributed by atoms with Gasteiger partial charge in [-0.15, -0.1) is 0 Å². The van der Waals surface area contributed by atoms with Crippen LogP contribution in [0.2, 0.25) is 5.02 Å². The van der Waals surface area contributed by atoms with Gasteiger partial charge in [-0.1, -0.05) is 16.8 Å². The molecule has 0 amide bonds. The lowest BCUT2D eigenvalue weighted by Gasteiger charge is -2.22. The Kier molecular flexibility index (Phi) is 4.13. The summed E-state index contributed by atoms with van der Waals surface area (Å²) < 4.78 is 36.9. The van der Waals surface area contributed by atoms with Gasteiger partial charge in [0.05, 0.1) is 11.3 Å². The van der Waals surface area contributed by atoms with E-state index in [-0.39, 0.29) is 40.6 Å². The van der Waals surface area contributed by atoms with Crippen molar-refractivity contribution in [2.24, 2.45) is 18.9 Å². The van der Waals surface area contributed by atoms with Crippen molar-refractivity contribution in [3.05, 3.63) is 63.5 Å². The summed E-state index contributed by atoms with van der Waals surface area (Å²) in [7, 11) is 1.73. The summed E-state index contributed by atoms with van der Waals surface area (Å²) in [6, 6.07) is 2.39. The predicted molar refractivity (Wildman–Crippen MR) is 109 cm³/mol. The topological polar surface area (TPSA) is 94.9 Å². The van der Waals surface area contributed by atoms with Crippen molar-refractivity contribution >= 4 is 28.5 Å². The van der Waals surface area contributed by atoms with Gasteiger partial charge in [-0.05, 0) is 24.0 Å². The lowest BCUT2D eigenvalue weighted by atomic mass is 10.2. The van der Waals surface area contributed by atoms with Crippen LogP contribution in [0.15, 0.2) is 34.1 Å².